The minimum atomic E-state index is -0.265. The van der Waals surface area contributed by atoms with E-state index >= 15 is 0 Å². The first-order valence-corrected chi connectivity index (χ1v) is 7.88. The fourth-order valence-electron chi connectivity index (χ4n) is 2.70. The molecule has 1 aliphatic rings. The van der Waals surface area contributed by atoms with Gasteiger partial charge in [0.25, 0.3) is 5.91 Å². The SMILES string of the molecule is Cc1noc(C)c1COC1COCCC1NC(=O)c1ncoc1C. The van der Waals surface area contributed by atoms with E-state index in [4.69, 9.17) is 18.4 Å². The number of hydrogen-bond acceptors (Lipinski definition) is 7. The van der Waals surface area contributed by atoms with Crippen LogP contribution in [0.3, 0.4) is 0 Å². The Labute approximate surface area is 139 Å². The van der Waals surface area contributed by atoms with Crippen LogP contribution in [0.25, 0.3) is 0 Å². The van der Waals surface area contributed by atoms with Crippen LogP contribution in [0, 0.1) is 20.8 Å². The van der Waals surface area contributed by atoms with Gasteiger partial charge < -0.3 is 23.7 Å². The topological polar surface area (TPSA) is 99.6 Å². The maximum absolute atomic E-state index is 12.3. The summed E-state index contributed by atoms with van der Waals surface area (Å²) in [7, 11) is 0. The highest BCUT2D eigenvalue weighted by Crippen LogP contribution is 2.18. The van der Waals surface area contributed by atoms with Crippen molar-refractivity contribution in [3.8, 4) is 0 Å². The summed E-state index contributed by atoms with van der Waals surface area (Å²) in [5, 5.41) is 6.88. The average molecular weight is 335 g/mol. The Morgan fingerprint density at radius 1 is 1.38 bits per heavy atom. The van der Waals surface area contributed by atoms with Gasteiger partial charge in [0.05, 0.1) is 24.9 Å². The number of aryl methyl sites for hydroxylation is 3. The molecule has 0 saturated carbocycles. The number of ether oxygens (including phenoxy) is 2. The first-order chi connectivity index (χ1) is 11.6. The molecule has 1 fully saturated rings. The second-order valence-corrected chi connectivity index (χ2v) is 5.85. The summed E-state index contributed by atoms with van der Waals surface area (Å²) in [4.78, 5) is 16.3. The first-order valence-electron chi connectivity index (χ1n) is 7.88. The van der Waals surface area contributed by atoms with E-state index in [-0.39, 0.29) is 18.1 Å². The molecule has 2 aromatic heterocycles. The van der Waals surface area contributed by atoms with E-state index < -0.39 is 0 Å². The van der Waals surface area contributed by atoms with Crippen LogP contribution in [0.4, 0.5) is 0 Å². The van der Waals surface area contributed by atoms with Crippen molar-refractivity contribution in [2.24, 2.45) is 0 Å². The van der Waals surface area contributed by atoms with Gasteiger partial charge in [-0.3, -0.25) is 4.79 Å². The van der Waals surface area contributed by atoms with Gasteiger partial charge in [0.2, 0.25) is 0 Å². The summed E-state index contributed by atoms with van der Waals surface area (Å²) in [6, 6.07) is -0.150. The molecule has 130 valence electrons. The van der Waals surface area contributed by atoms with Crippen molar-refractivity contribution in [1.29, 1.82) is 0 Å². The summed E-state index contributed by atoms with van der Waals surface area (Å²) < 4.78 is 21.7. The van der Waals surface area contributed by atoms with Gasteiger partial charge in [0.15, 0.2) is 12.1 Å². The molecule has 24 heavy (non-hydrogen) atoms. The number of hydrogen-bond donors (Lipinski definition) is 1. The highest BCUT2D eigenvalue weighted by Gasteiger charge is 2.30. The molecule has 2 atom stereocenters. The van der Waals surface area contributed by atoms with Crippen molar-refractivity contribution in [1.82, 2.24) is 15.5 Å². The van der Waals surface area contributed by atoms with Crippen LogP contribution in [0.2, 0.25) is 0 Å². The first kappa shape index (κ1) is 16.7. The third kappa shape index (κ3) is 3.49. The van der Waals surface area contributed by atoms with E-state index in [0.29, 0.717) is 37.7 Å². The highest BCUT2D eigenvalue weighted by molar-refractivity contribution is 5.93. The lowest BCUT2D eigenvalue weighted by Gasteiger charge is -2.31. The van der Waals surface area contributed by atoms with Crippen molar-refractivity contribution in [2.75, 3.05) is 13.2 Å². The number of nitrogens with zero attached hydrogens (tertiary/aromatic N) is 2. The second-order valence-electron chi connectivity index (χ2n) is 5.85. The van der Waals surface area contributed by atoms with Gasteiger partial charge in [-0.2, -0.15) is 0 Å². The minimum Gasteiger partial charge on any atom is -0.448 e. The van der Waals surface area contributed by atoms with Crippen LogP contribution in [0.1, 0.15) is 39.7 Å². The monoisotopic (exact) mass is 335 g/mol. The number of aromatic nitrogens is 2. The van der Waals surface area contributed by atoms with E-state index in [0.717, 1.165) is 17.0 Å². The zero-order chi connectivity index (χ0) is 17.1. The lowest BCUT2D eigenvalue weighted by Crippen LogP contribution is -2.50. The molecule has 1 saturated heterocycles. The number of nitrogens with one attached hydrogen (secondary N) is 1. The number of rotatable bonds is 5. The lowest BCUT2D eigenvalue weighted by molar-refractivity contribution is -0.0739. The summed E-state index contributed by atoms with van der Waals surface area (Å²) in [5.41, 5.74) is 2.03. The van der Waals surface area contributed by atoms with Crippen LogP contribution >= 0.6 is 0 Å². The van der Waals surface area contributed by atoms with Crippen molar-refractivity contribution >= 4 is 5.91 Å². The van der Waals surface area contributed by atoms with Crippen LogP contribution < -0.4 is 5.32 Å². The molecule has 1 N–H and O–H groups in total. The van der Waals surface area contributed by atoms with Crippen molar-refractivity contribution < 1.29 is 23.2 Å². The Balaban J connectivity index is 1.63. The Morgan fingerprint density at radius 2 is 2.21 bits per heavy atom. The van der Waals surface area contributed by atoms with Crippen LogP contribution in [-0.2, 0) is 16.1 Å². The Kier molecular flexibility index (Phi) is 4.96. The predicted octanol–water partition coefficient (Wildman–Crippen LogP) is 1.69. The Bertz CT molecular complexity index is 689. The molecule has 0 spiro atoms. The third-order valence-electron chi connectivity index (χ3n) is 4.20. The fraction of sp³-hybridized carbons (Fsp3) is 0.562. The normalized spacial score (nSPS) is 21.0. The molecule has 0 bridgehead atoms. The van der Waals surface area contributed by atoms with Gasteiger partial charge in [-0.15, -0.1) is 0 Å². The summed E-state index contributed by atoms with van der Waals surface area (Å²) >= 11 is 0. The summed E-state index contributed by atoms with van der Waals surface area (Å²) in [5.74, 6) is 0.967. The molecular weight excluding hydrogens is 314 g/mol. The van der Waals surface area contributed by atoms with Crippen LogP contribution in [-0.4, -0.2) is 41.4 Å². The lowest BCUT2D eigenvalue weighted by atomic mass is 10.1. The molecule has 8 heteroatoms. The smallest absolute Gasteiger partial charge is 0.273 e. The summed E-state index contributed by atoms with van der Waals surface area (Å²) in [6.45, 7) is 6.80. The molecule has 0 aliphatic carbocycles. The molecule has 2 unspecified atom stereocenters. The maximum Gasteiger partial charge on any atom is 0.273 e. The maximum atomic E-state index is 12.3. The Morgan fingerprint density at radius 3 is 2.88 bits per heavy atom. The van der Waals surface area contributed by atoms with Crippen LogP contribution in [0.5, 0.6) is 0 Å². The molecule has 1 aliphatic heterocycles. The number of carbonyl (C=O) groups excluding carboxylic acids is 1. The van der Waals surface area contributed by atoms with E-state index in [2.05, 4.69) is 15.5 Å². The van der Waals surface area contributed by atoms with Gasteiger partial charge in [-0.05, 0) is 27.2 Å². The molecular formula is C16H21N3O5. The highest BCUT2D eigenvalue weighted by atomic mass is 16.5. The second kappa shape index (κ2) is 7.14. The third-order valence-corrected chi connectivity index (χ3v) is 4.20. The molecule has 2 aromatic rings. The van der Waals surface area contributed by atoms with Gasteiger partial charge in [-0.25, -0.2) is 4.98 Å². The zero-order valence-electron chi connectivity index (χ0n) is 14.0. The fourth-order valence-corrected chi connectivity index (χ4v) is 2.70. The largest absolute Gasteiger partial charge is 0.448 e. The number of carbonyl (C=O) groups is 1. The number of oxazole rings is 1. The van der Waals surface area contributed by atoms with E-state index in [1.165, 1.54) is 6.39 Å². The van der Waals surface area contributed by atoms with Gasteiger partial charge >= 0.3 is 0 Å². The van der Waals surface area contributed by atoms with E-state index in [9.17, 15) is 4.79 Å². The van der Waals surface area contributed by atoms with Crippen molar-refractivity contribution in [3.63, 3.8) is 0 Å². The number of amides is 1. The zero-order valence-corrected chi connectivity index (χ0v) is 14.0. The minimum absolute atomic E-state index is 0.150. The molecule has 3 heterocycles. The standard InChI is InChI=1S/C16H21N3O5/c1-9-12(10(2)24-19-9)6-22-14-7-21-5-4-13(14)18-16(20)15-11(3)23-8-17-15/h8,13-14H,4-7H2,1-3H3,(H,18,20). The molecule has 1 amide bonds. The van der Waals surface area contributed by atoms with Crippen LogP contribution in [0.15, 0.2) is 15.3 Å². The molecule has 0 radical (unpaired) electrons. The van der Waals surface area contributed by atoms with Gasteiger partial charge in [0, 0.05) is 12.2 Å². The predicted molar refractivity (Wildman–Crippen MR) is 82.5 cm³/mol. The van der Waals surface area contributed by atoms with E-state index in [1.807, 2.05) is 13.8 Å². The molecule has 0 aromatic carbocycles. The quantitative estimate of drug-likeness (QED) is 0.887. The van der Waals surface area contributed by atoms with Gasteiger partial charge in [0.1, 0.15) is 17.6 Å². The molecule has 3 rings (SSSR count). The van der Waals surface area contributed by atoms with Crippen molar-refractivity contribution in [2.45, 2.75) is 45.9 Å². The Hall–Kier alpha value is -2.19. The summed E-state index contributed by atoms with van der Waals surface area (Å²) in [6.07, 6.45) is 1.69. The average Bonchev–Trinajstić information content (AvgIpc) is 3.13. The molecule has 8 nitrogen and oxygen atoms in total. The van der Waals surface area contributed by atoms with E-state index in [1.54, 1.807) is 6.92 Å². The van der Waals surface area contributed by atoms with Crippen molar-refractivity contribution in [3.05, 3.63) is 34.9 Å². The van der Waals surface area contributed by atoms with Gasteiger partial charge in [-0.1, -0.05) is 5.16 Å².